The standard InChI is InChI=1S/C17H21N3O4S/c1-16(2,3)24-15(21)18-8-17(6-7-17)20-14-19-12-11(25-14)5-4-10-13(12)23-9-22-10/h4-5H,6-9H2,1-3H3,(H,18,21)(H,19,20). The molecule has 0 atom stereocenters. The van der Waals surface area contributed by atoms with E-state index >= 15 is 0 Å². The molecule has 0 unspecified atom stereocenters. The van der Waals surface area contributed by atoms with Crippen LogP contribution in [0.2, 0.25) is 0 Å². The van der Waals surface area contributed by atoms with Crippen LogP contribution >= 0.6 is 11.3 Å². The van der Waals surface area contributed by atoms with Gasteiger partial charge >= 0.3 is 6.09 Å². The molecule has 0 radical (unpaired) electrons. The van der Waals surface area contributed by atoms with Crippen LogP contribution in [0.25, 0.3) is 10.2 Å². The molecule has 1 aromatic heterocycles. The van der Waals surface area contributed by atoms with Crippen LogP contribution < -0.4 is 20.1 Å². The number of alkyl carbamates (subject to hydrolysis) is 1. The molecule has 0 bridgehead atoms. The normalized spacial score (nSPS) is 17.4. The third-order valence-electron chi connectivity index (χ3n) is 4.09. The van der Waals surface area contributed by atoms with Gasteiger partial charge in [0.15, 0.2) is 16.6 Å². The van der Waals surface area contributed by atoms with Crippen LogP contribution in [-0.4, -0.2) is 35.6 Å². The number of thiazole rings is 1. The summed E-state index contributed by atoms with van der Waals surface area (Å²) in [6.45, 7) is 6.29. The number of anilines is 1. The Morgan fingerprint density at radius 2 is 2.16 bits per heavy atom. The molecule has 1 aromatic carbocycles. The fourth-order valence-electron chi connectivity index (χ4n) is 2.69. The second-order valence-electron chi connectivity index (χ2n) is 7.43. The van der Waals surface area contributed by atoms with Crippen molar-refractivity contribution in [3.05, 3.63) is 12.1 Å². The first-order valence-corrected chi connectivity index (χ1v) is 9.09. The highest BCUT2D eigenvalue weighted by molar-refractivity contribution is 7.22. The van der Waals surface area contributed by atoms with Gasteiger partial charge in [-0.05, 0) is 45.7 Å². The van der Waals surface area contributed by atoms with Crippen LogP contribution in [0.5, 0.6) is 11.5 Å². The summed E-state index contributed by atoms with van der Waals surface area (Å²) in [6.07, 6.45) is 1.57. The minimum atomic E-state index is -0.496. The number of carbonyl (C=O) groups is 1. The average molecular weight is 363 g/mol. The number of carbonyl (C=O) groups excluding carboxylic acids is 1. The van der Waals surface area contributed by atoms with E-state index in [1.54, 1.807) is 11.3 Å². The quantitative estimate of drug-likeness (QED) is 0.865. The fraction of sp³-hybridized carbons (Fsp3) is 0.529. The Labute approximate surface area is 149 Å². The van der Waals surface area contributed by atoms with Gasteiger partial charge in [-0.1, -0.05) is 11.3 Å². The Morgan fingerprint density at radius 1 is 1.36 bits per heavy atom. The van der Waals surface area contributed by atoms with E-state index in [1.165, 1.54) is 0 Å². The first-order chi connectivity index (χ1) is 11.8. The molecule has 1 amide bonds. The predicted molar refractivity (Wildman–Crippen MR) is 95.6 cm³/mol. The van der Waals surface area contributed by atoms with Gasteiger partial charge in [-0.3, -0.25) is 0 Å². The monoisotopic (exact) mass is 363 g/mol. The Morgan fingerprint density at radius 3 is 2.88 bits per heavy atom. The lowest BCUT2D eigenvalue weighted by molar-refractivity contribution is 0.0524. The summed E-state index contributed by atoms with van der Waals surface area (Å²) < 4.78 is 17.2. The molecule has 1 fully saturated rings. The Bertz CT molecular complexity index is 823. The van der Waals surface area contributed by atoms with Crippen molar-refractivity contribution in [1.82, 2.24) is 10.3 Å². The summed E-state index contributed by atoms with van der Waals surface area (Å²) in [5.41, 5.74) is 0.174. The van der Waals surface area contributed by atoms with Crippen molar-refractivity contribution in [1.29, 1.82) is 0 Å². The van der Waals surface area contributed by atoms with Crippen LogP contribution in [-0.2, 0) is 4.74 Å². The van der Waals surface area contributed by atoms with E-state index in [1.807, 2.05) is 32.9 Å². The second kappa shape index (κ2) is 5.66. The molecule has 2 aromatic rings. The highest BCUT2D eigenvalue weighted by Gasteiger charge is 2.44. The van der Waals surface area contributed by atoms with Crippen molar-refractivity contribution in [2.75, 3.05) is 18.7 Å². The summed E-state index contributed by atoms with van der Waals surface area (Å²) in [5, 5.41) is 7.14. The molecule has 1 saturated carbocycles. The Kier molecular flexibility index (Phi) is 3.68. The Hall–Kier alpha value is -2.22. The van der Waals surface area contributed by atoms with Crippen LogP contribution in [0.4, 0.5) is 9.93 Å². The third-order valence-corrected chi connectivity index (χ3v) is 5.03. The number of fused-ring (bicyclic) bond motifs is 3. The van der Waals surface area contributed by atoms with Gasteiger partial charge in [0.05, 0.1) is 10.2 Å². The molecule has 7 nitrogen and oxygen atoms in total. The highest BCUT2D eigenvalue weighted by Crippen LogP contribution is 2.44. The summed E-state index contributed by atoms with van der Waals surface area (Å²) in [6, 6.07) is 3.90. The van der Waals surface area contributed by atoms with Crippen molar-refractivity contribution < 1.29 is 19.0 Å². The minimum Gasteiger partial charge on any atom is -0.454 e. The number of benzene rings is 1. The fourth-order valence-corrected chi connectivity index (χ4v) is 3.67. The van der Waals surface area contributed by atoms with Crippen molar-refractivity contribution in [2.24, 2.45) is 0 Å². The molecule has 1 aliphatic heterocycles. The van der Waals surface area contributed by atoms with E-state index < -0.39 is 11.7 Å². The predicted octanol–water partition coefficient (Wildman–Crippen LogP) is 3.49. The molecule has 134 valence electrons. The zero-order chi connectivity index (χ0) is 17.7. The molecule has 4 rings (SSSR count). The van der Waals surface area contributed by atoms with Gasteiger partial charge in [-0.15, -0.1) is 0 Å². The number of ether oxygens (including phenoxy) is 3. The van der Waals surface area contributed by atoms with E-state index in [4.69, 9.17) is 14.2 Å². The van der Waals surface area contributed by atoms with E-state index in [0.717, 1.165) is 33.9 Å². The van der Waals surface area contributed by atoms with Crippen molar-refractivity contribution in [3.8, 4) is 11.5 Å². The summed E-state index contributed by atoms with van der Waals surface area (Å²) >= 11 is 1.57. The van der Waals surface area contributed by atoms with Crippen molar-refractivity contribution in [2.45, 2.75) is 44.8 Å². The number of aromatic nitrogens is 1. The lowest BCUT2D eigenvalue weighted by Crippen LogP contribution is -2.40. The van der Waals surface area contributed by atoms with Gasteiger partial charge < -0.3 is 24.8 Å². The maximum absolute atomic E-state index is 11.8. The largest absolute Gasteiger partial charge is 0.454 e. The molecule has 1 aliphatic carbocycles. The summed E-state index contributed by atoms with van der Waals surface area (Å²) in [5.74, 6) is 1.44. The maximum atomic E-state index is 11.8. The van der Waals surface area contributed by atoms with Crippen molar-refractivity contribution in [3.63, 3.8) is 0 Å². The van der Waals surface area contributed by atoms with E-state index in [2.05, 4.69) is 15.6 Å². The molecule has 2 aliphatic rings. The van der Waals surface area contributed by atoms with Gasteiger partial charge in [0, 0.05) is 6.54 Å². The average Bonchev–Trinajstić information content (AvgIpc) is 2.94. The van der Waals surface area contributed by atoms with Gasteiger partial charge in [-0.25, -0.2) is 9.78 Å². The molecular formula is C17H21N3O4S. The van der Waals surface area contributed by atoms with Crippen LogP contribution in [0.1, 0.15) is 33.6 Å². The molecule has 2 N–H and O–H groups in total. The van der Waals surface area contributed by atoms with Crippen LogP contribution in [0.3, 0.4) is 0 Å². The van der Waals surface area contributed by atoms with Gasteiger partial charge in [0.2, 0.25) is 6.79 Å². The van der Waals surface area contributed by atoms with Gasteiger partial charge in [0.1, 0.15) is 11.1 Å². The molecule has 2 heterocycles. The number of nitrogens with zero attached hydrogens (tertiary/aromatic N) is 1. The highest BCUT2D eigenvalue weighted by atomic mass is 32.1. The van der Waals surface area contributed by atoms with Gasteiger partial charge in [-0.2, -0.15) is 0 Å². The van der Waals surface area contributed by atoms with Crippen LogP contribution in [0, 0.1) is 0 Å². The number of hydrogen-bond donors (Lipinski definition) is 2. The van der Waals surface area contributed by atoms with Crippen molar-refractivity contribution >= 4 is 32.8 Å². The zero-order valence-corrected chi connectivity index (χ0v) is 15.3. The van der Waals surface area contributed by atoms with Gasteiger partial charge in [0.25, 0.3) is 0 Å². The first-order valence-electron chi connectivity index (χ1n) is 8.28. The Balaban J connectivity index is 1.43. The van der Waals surface area contributed by atoms with Crippen LogP contribution in [0.15, 0.2) is 12.1 Å². The molecule has 0 spiro atoms. The lowest BCUT2D eigenvalue weighted by Gasteiger charge is -2.22. The topological polar surface area (TPSA) is 81.7 Å². The third kappa shape index (κ3) is 3.44. The molecule has 25 heavy (non-hydrogen) atoms. The molecular weight excluding hydrogens is 342 g/mol. The summed E-state index contributed by atoms with van der Waals surface area (Å²) in [7, 11) is 0. The minimum absolute atomic E-state index is 0.148. The summed E-state index contributed by atoms with van der Waals surface area (Å²) in [4.78, 5) is 16.5. The SMILES string of the molecule is CC(C)(C)OC(=O)NCC1(Nc2nc3c4c(ccc3s2)OCO4)CC1. The zero-order valence-electron chi connectivity index (χ0n) is 14.5. The number of hydrogen-bond acceptors (Lipinski definition) is 7. The smallest absolute Gasteiger partial charge is 0.407 e. The maximum Gasteiger partial charge on any atom is 0.407 e. The van der Waals surface area contributed by atoms with E-state index in [0.29, 0.717) is 12.3 Å². The number of amides is 1. The second-order valence-corrected chi connectivity index (χ2v) is 8.46. The van der Waals surface area contributed by atoms with E-state index in [-0.39, 0.29) is 12.3 Å². The first kappa shape index (κ1) is 16.3. The lowest BCUT2D eigenvalue weighted by atomic mass is 10.2. The molecule has 0 saturated heterocycles. The van der Waals surface area contributed by atoms with E-state index in [9.17, 15) is 4.79 Å². The number of nitrogens with one attached hydrogen (secondary N) is 2. The molecule has 8 heteroatoms. The number of rotatable bonds is 4.